The molecule has 110 valence electrons. The van der Waals surface area contributed by atoms with Crippen LogP contribution in [0.15, 0.2) is 0 Å². The Labute approximate surface area is 119 Å². The molecular formula is C15H22N2O3. The lowest BCUT2D eigenvalue weighted by Crippen LogP contribution is -2.65. The molecule has 0 bridgehead atoms. The Morgan fingerprint density at radius 1 is 1.10 bits per heavy atom. The third-order valence-electron chi connectivity index (χ3n) is 5.40. The largest absolute Gasteiger partial charge is 0.376 e. The molecule has 5 nitrogen and oxygen atoms in total. The monoisotopic (exact) mass is 278 g/mol. The van der Waals surface area contributed by atoms with Gasteiger partial charge in [-0.2, -0.15) is 0 Å². The second-order valence-electron chi connectivity index (χ2n) is 6.64. The van der Waals surface area contributed by atoms with E-state index in [9.17, 15) is 9.59 Å². The van der Waals surface area contributed by atoms with Crippen LogP contribution in [0.4, 0.5) is 0 Å². The van der Waals surface area contributed by atoms with Gasteiger partial charge in [0.1, 0.15) is 12.1 Å². The van der Waals surface area contributed by atoms with Crippen molar-refractivity contribution in [1.82, 2.24) is 9.80 Å². The minimum absolute atomic E-state index is 0.122. The van der Waals surface area contributed by atoms with E-state index in [0.29, 0.717) is 5.92 Å². The van der Waals surface area contributed by atoms with Crippen molar-refractivity contribution in [3.63, 3.8) is 0 Å². The number of rotatable bonds is 2. The van der Waals surface area contributed by atoms with Gasteiger partial charge < -0.3 is 14.5 Å². The summed E-state index contributed by atoms with van der Waals surface area (Å²) in [5.74, 6) is 0.906. The smallest absolute Gasteiger partial charge is 0.246 e. The van der Waals surface area contributed by atoms with Crippen molar-refractivity contribution < 1.29 is 14.3 Å². The molecule has 0 N–H and O–H groups in total. The van der Waals surface area contributed by atoms with Crippen LogP contribution in [0.25, 0.3) is 0 Å². The number of ether oxygens (including phenoxy) is 1. The molecule has 3 saturated heterocycles. The highest BCUT2D eigenvalue weighted by molar-refractivity contribution is 5.97. The Balaban J connectivity index is 1.62. The molecular weight excluding hydrogens is 256 g/mol. The molecule has 3 aliphatic heterocycles. The lowest BCUT2D eigenvalue weighted by atomic mass is 9.97. The fourth-order valence-electron chi connectivity index (χ4n) is 4.23. The average Bonchev–Trinajstić information content (AvgIpc) is 2.98. The molecule has 0 spiro atoms. The number of carbonyl (C=O) groups excluding carboxylic acids is 2. The van der Waals surface area contributed by atoms with Crippen molar-refractivity contribution in [3.8, 4) is 0 Å². The predicted octanol–water partition coefficient (Wildman–Crippen LogP) is 0.776. The SMILES string of the molecule is CC1C(=O)N2CCCC2C(=O)N1C1CCOC1C1CC1. The van der Waals surface area contributed by atoms with Gasteiger partial charge in [0.2, 0.25) is 11.8 Å². The highest BCUT2D eigenvalue weighted by Gasteiger charge is 2.52. The van der Waals surface area contributed by atoms with Crippen LogP contribution in [0.2, 0.25) is 0 Å². The van der Waals surface area contributed by atoms with Gasteiger partial charge >= 0.3 is 0 Å². The zero-order chi connectivity index (χ0) is 13.9. The fourth-order valence-corrected chi connectivity index (χ4v) is 4.23. The molecule has 0 radical (unpaired) electrons. The first-order chi connectivity index (χ1) is 9.68. The van der Waals surface area contributed by atoms with Crippen LogP contribution < -0.4 is 0 Å². The molecule has 20 heavy (non-hydrogen) atoms. The van der Waals surface area contributed by atoms with Crippen LogP contribution >= 0.6 is 0 Å². The number of hydrogen-bond donors (Lipinski definition) is 0. The molecule has 4 aliphatic rings. The minimum atomic E-state index is -0.315. The van der Waals surface area contributed by atoms with Gasteiger partial charge in [-0.15, -0.1) is 0 Å². The van der Waals surface area contributed by atoms with Crippen LogP contribution in [-0.4, -0.2) is 59.0 Å². The summed E-state index contributed by atoms with van der Waals surface area (Å²) in [4.78, 5) is 29.0. The van der Waals surface area contributed by atoms with Crippen molar-refractivity contribution in [3.05, 3.63) is 0 Å². The summed E-state index contributed by atoms with van der Waals surface area (Å²) in [6.45, 7) is 3.36. The van der Waals surface area contributed by atoms with E-state index in [1.165, 1.54) is 12.8 Å². The summed E-state index contributed by atoms with van der Waals surface area (Å²) in [5.41, 5.74) is 0. The molecule has 4 fully saturated rings. The summed E-state index contributed by atoms with van der Waals surface area (Å²) >= 11 is 0. The summed E-state index contributed by atoms with van der Waals surface area (Å²) in [6, 6.07) is -0.388. The number of amides is 2. The van der Waals surface area contributed by atoms with Gasteiger partial charge in [0.15, 0.2) is 0 Å². The highest BCUT2D eigenvalue weighted by atomic mass is 16.5. The van der Waals surface area contributed by atoms with E-state index in [0.717, 1.165) is 32.4 Å². The van der Waals surface area contributed by atoms with Gasteiger partial charge in [-0.25, -0.2) is 0 Å². The molecule has 4 rings (SSSR count). The zero-order valence-corrected chi connectivity index (χ0v) is 12.0. The molecule has 0 aromatic carbocycles. The first kappa shape index (κ1) is 12.6. The van der Waals surface area contributed by atoms with Gasteiger partial charge in [0, 0.05) is 13.2 Å². The van der Waals surface area contributed by atoms with Crippen LogP contribution in [0, 0.1) is 5.92 Å². The Bertz CT molecular complexity index is 448. The number of piperazine rings is 1. The van der Waals surface area contributed by atoms with Crippen LogP contribution in [0.1, 0.15) is 39.0 Å². The maximum absolute atomic E-state index is 12.8. The van der Waals surface area contributed by atoms with Gasteiger partial charge in [0.05, 0.1) is 12.1 Å². The third kappa shape index (κ3) is 1.72. The van der Waals surface area contributed by atoms with Crippen molar-refractivity contribution in [1.29, 1.82) is 0 Å². The summed E-state index contributed by atoms with van der Waals surface area (Å²) in [7, 11) is 0. The van der Waals surface area contributed by atoms with Crippen molar-refractivity contribution in [2.24, 2.45) is 5.92 Å². The molecule has 0 aromatic rings. The van der Waals surface area contributed by atoms with Crippen molar-refractivity contribution in [2.75, 3.05) is 13.2 Å². The van der Waals surface area contributed by atoms with Gasteiger partial charge in [-0.3, -0.25) is 9.59 Å². The second-order valence-corrected chi connectivity index (χ2v) is 6.64. The van der Waals surface area contributed by atoms with E-state index < -0.39 is 0 Å². The third-order valence-corrected chi connectivity index (χ3v) is 5.40. The van der Waals surface area contributed by atoms with E-state index in [-0.39, 0.29) is 36.0 Å². The molecule has 3 heterocycles. The van der Waals surface area contributed by atoms with Gasteiger partial charge in [-0.1, -0.05) is 0 Å². The van der Waals surface area contributed by atoms with Gasteiger partial charge in [-0.05, 0) is 44.9 Å². The topological polar surface area (TPSA) is 49.9 Å². The normalized spacial score (nSPS) is 41.5. The summed E-state index contributed by atoms with van der Waals surface area (Å²) < 4.78 is 5.87. The number of carbonyl (C=O) groups is 2. The molecule has 0 aromatic heterocycles. The van der Waals surface area contributed by atoms with Crippen LogP contribution in [0.3, 0.4) is 0 Å². The van der Waals surface area contributed by atoms with E-state index >= 15 is 0 Å². The average molecular weight is 278 g/mol. The maximum Gasteiger partial charge on any atom is 0.246 e. The zero-order valence-electron chi connectivity index (χ0n) is 12.0. The first-order valence-electron chi connectivity index (χ1n) is 7.93. The molecule has 1 aliphatic carbocycles. The maximum atomic E-state index is 12.8. The van der Waals surface area contributed by atoms with Crippen molar-refractivity contribution >= 4 is 11.8 Å². The van der Waals surface area contributed by atoms with Crippen LogP contribution in [-0.2, 0) is 14.3 Å². The quantitative estimate of drug-likeness (QED) is 0.750. The summed E-state index contributed by atoms with van der Waals surface area (Å²) in [6.07, 6.45) is 5.26. The lowest BCUT2D eigenvalue weighted by Gasteiger charge is -2.45. The molecule has 4 unspecified atom stereocenters. The standard InChI is InChI=1S/C15H22N2O3/c1-9-14(18)16-7-2-3-12(16)15(19)17(9)11-6-8-20-13(11)10-4-5-10/h9-13H,2-8H2,1H3. The van der Waals surface area contributed by atoms with Crippen LogP contribution in [0.5, 0.6) is 0 Å². The fraction of sp³-hybridized carbons (Fsp3) is 0.867. The lowest BCUT2D eigenvalue weighted by molar-refractivity contribution is -0.162. The molecule has 4 atom stereocenters. The number of nitrogens with zero attached hydrogens (tertiary/aromatic N) is 2. The Morgan fingerprint density at radius 2 is 1.90 bits per heavy atom. The summed E-state index contributed by atoms with van der Waals surface area (Å²) in [5, 5.41) is 0. The Hall–Kier alpha value is -1.10. The van der Waals surface area contributed by atoms with Crippen molar-refractivity contribution in [2.45, 2.75) is 63.3 Å². The van der Waals surface area contributed by atoms with E-state index in [1.54, 1.807) is 4.90 Å². The minimum Gasteiger partial charge on any atom is -0.376 e. The van der Waals surface area contributed by atoms with E-state index in [1.807, 2.05) is 11.8 Å². The Kier molecular flexibility index (Phi) is 2.81. The highest BCUT2D eigenvalue weighted by Crippen LogP contribution is 2.42. The molecule has 1 saturated carbocycles. The predicted molar refractivity (Wildman–Crippen MR) is 71.9 cm³/mol. The number of fused-ring (bicyclic) bond motifs is 1. The molecule has 2 amide bonds. The second kappa shape index (κ2) is 4.45. The van der Waals surface area contributed by atoms with Gasteiger partial charge in [0.25, 0.3) is 0 Å². The first-order valence-corrected chi connectivity index (χ1v) is 7.93. The Morgan fingerprint density at radius 3 is 2.65 bits per heavy atom. The molecule has 5 heteroatoms. The number of hydrogen-bond acceptors (Lipinski definition) is 3. The van der Waals surface area contributed by atoms with E-state index in [4.69, 9.17) is 4.74 Å². The van der Waals surface area contributed by atoms with E-state index in [2.05, 4.69) is 0 Å².